The Morgan fingerprint density at radius 1 is 0.630 bits per heavy atom. The van der Waals surface area contributed by atoms with E-state index in [4.69, 9.17) is 9.47 Å². The molecule has 0 amide bonds. The highest BCUT2D eigenvalue weighted by Crippen LogP contribution is 2.14. The third-order valence-electron chi connectivity index (χ3n) is 7.87. The third kappa shape index (κ3) is 33.2. The lowest BCUT2D eigenvalue weighted by molar-refractivity contribution is -0.161. The Morgan fingerprint density at radius 3 is 1.72 bits per heavy atom. The summed E-state index contributed by atoms with van der Waals surface area (Å²) in [5.41, 5.74) is 0. The molecule has 0 radical (unpaired) electrons. The molecular weight excluding hydrogens is 576 g/mol. The molecule has 0 aliphatic carbocycles. The van der Waals surface area contributed by atoms with Crippen molar-refractivity contribution < 1.29 is 29.3 Å². The molecule has 266 valence electrons. The lowest BCUT2D eigenvalue weighted by Crippen LogP contribution is -2.28. The number of unbranched alkanes of at least 4 members (excludes halogenated alkanes) is 12. The number of rotatable bonds is 32. The smallest absolute Gasteiger partial charge is 0.306 e. The first-order chi connectivity index (χ1) is 22.4. The molecule has 0 fully saturated rings. The fourth-order valence-corrected chi connectivity index (χ4v) is 4.98. The Kier molecular flexibility index (Phi) is 32.5. The second kappa shape index (κ2) is 34.2. The molecule has 0 saturated heterocycles. The topological polar surface area (TPSA) is 93.1 Å². The van der Waals surface area contributed by atoms with Gasteiger partial charge in [0.1, 0.15) is 6.61 Å². The average molecular weight is 647 g/mol. The Morgan fingerprint density at radius 2 is 1.15 bits per heavy atom. The maximum Gasteiger partial charge on any atom is 0.306 e. The molecular formula is C40H70O6. The van der Waals surface area contributed by atoms with E-state index in [2.05, 4.69) is 57.2 Å². The summed E-state index contributed by atoms with van der Waals surface area (Å²) in [6, 6.07) is 0. The van der Waals surface area contributed by atoms with Crippen LogP contribution in [0.15, 0.2) is 48.6 Å². The highest BCUT2D eigenvalue weighted by Gasteiger charge is 2.16. The van der Waals surface area contributed by atoms with Crippen molar-refractivity contribution in [2.75, 3.05) is 13.2 Å². The molecule has 2 atom stereocenters. The van der Waals surface area contributed by atoms with Crippen LogP contribution >= 0.6 is 0 Å². The minimum absolute atomic E-state index is 0.0984. The van der Waals surface area contributed by atoms with Gasteiger partial charge in [0.2, 0.25) is 0 Å². The monoisotopic (exact) mass is 647 g/mol. The van der Waals surface area contributed by atoms with Gasteiger partial charge in [-0.05, 0) is 50.9 Å². The lowest BCUT2D eigenvalue weighted by atomic mass is 10.0. The Balaban J connectivity index is 3.72. The van der Waals surface area contributed by atoms with Crippen LogP contribution in [0.3, 0.4) is 0 Å². The van der Waals surface area contributed by atoms with Gasteiger partial charge in [0, 0.05) is 12.8 Å². The fourth-order valence-electron chi connectivity index (χ4n) is 4.98. The van der Waals surface area contributed by atoms with E-state index >= 15 is 0 Å². The Hall–Kier alpha value is -2.18. The zero-order valence-electron chi connectivity index (χ0n) is 29.8. The molecule has 0 aromatic heterocycles. The van der Waals surface area contributed by atoms with Crippen LogP contribution in [-0.4, -0.2) is 47.6 Å². The van der Waals surface area contributed by atoms with Crippen LogP contribution in [0.25, 0.3) is 0 Å². The molecule has 0 rings (SSSR count). The van der Waals surface area contributed by atoms with Crippen molar-refractivity contribution in [2.45, 2.75) is 174 Å². The maximum absolute atomic E-state index is 12.1. The van der Waals surface area contributed by atoms with Crippen LogP contribution in [0, 0.1) is 5.92 Å². The molecule has 0 aromatic rings. The number of hydrogen-bond donors (Lipinski definition) is 2. The first-order valence-corrected chi connectivity index (χ1v) is 18.6. The van der Waals surface area contributed by atoms with Crippen molar-refractivity contribution in [1.29, 1.82) is 0 Å². The summed E-state index contributed by atoms with van der Waals surface area (Å²) in [5.74, 6) is 0.146. The van der Waals surface area contributed by atoms with E-state index in [-0.39, 0.29) is 37.7 Å². The quantitative estimate of drug-likeness (QED) is 0.0429. The van der Waals surface area contributed by atoms with Crippen LogP contribution < -0.4 is 0 Å². The number of aliphatic hydroxyl groups is 2. The van der Waals surface area contributed by atoms with Gasteiger partial charge in [-0.25, -0.2) is 0 Å². The van der Waals surface area contributed by atoms with Crippen molar-refractivity contribution >= 4 is 11.9 Å². The molecule has 46 heavy (non-hydrogen) atoms. The van der Waals surface area contributed by atoms with Crippen LogP contribution in [0.5, 0.6) is 0 Å². The molecule has 0 bridgehead atoms. The highest BCUT2D eigenvalue weighted by molar-refractivity contribution is 5.70. The second-order valence-electron chi connectivity index (χ2n) is 13.0. The maximum atomic E-state index is 12.1. The SMILES string of the molecule is CCCC[C@@H](O)/C=C\C/C=C\C/C=C\C/C=C\CCCC(=O)O[C@@H](CO)COC(=O)CCCCCCCCCCCCCC(C)C. The normalized spacial score (nSPS) is 13.5. The number of aliphatic hydroxyl groups excluding tert-OH is 2. The van der Waals surface area contributed by atoms with Gasteiger partial charge < -0.3 is 19.7 Å². The van der Waals surface area contributed by atoms with Gasteiger partial charge in [0.15, 0.2) is 6.10 Å². The molecule has 0 aliphatic heterocycles. The summed E-state index contributed by atoms with van der Waals surface area (Å²) in [5, 5.41) is 19.3. The largest absolute Gasteiger partial charge is 0.462 e. The number of hydrogen-bond acceptors (Lipinski definition) is 6. The van der Waals surface area contributed by atoms with Crippen molar-refractivity contribution in [2.24, 2.45) is 5.92 Å². The molecule has 2 N–H and O–H groups in total. The summed E-state index contributed by atoms with van der Waals surface area (Å²) in [4.78, 5) is 24.2. The molecule has 0 aliphatic rings. The lowest BCUT2D eigenvalue weighted by Gasteiger charge is -2.15. The average Bonchev–Trinajstić information content (AvgIpc) is 3.04. The number of allylic oxidation sites excluding steroid dienone is 7. The number of carbonyl (C=O) groups is 2. The molecule has 0 spiro atoms. The van der Waals surface area contributed by atoms with Crippen LogP contribution in [0.2, 0.25) is 0 Å². The second-order valence-corrected chi connectivity index (χ2v) is 13.0. The van der Waals surface area contributed by atoms with Crippen molar-refractivity contribution in [3.8, 4) is 0 Å². The molecule has 0 unspecified atom stereocenters. The van der Waals surface area contributed by atoms with Gasteiger partial charge in [0.25, 0.3) is 0 Å². The summed E-state index contributed by atoms with van der Waals surface area (Å²) >= 11 is 0. The summed E-state index contributed by atoms with van der Waals surface area (Å²) < 4.78 is 10.5. The third-order valence-corrected chi connectivity index (χ3v) is 7.87. The van der Waals surface area contributed by atoms with Crippen LogP contribution in [0.4, 0.5) is 0 Å². The predicted octanol–water partition coefficient (Wildman–Crippen LogP) is 10.3. The zero-order chi connectivity index (χ0) is 33.9. The van der Waals surface area contributed by atoms with Crippen molar-refractivity contribution in [1.82, 2.24) is 0 Å². The highest BCUT2D eigenvalue weighted by atomic mass is 16.6. The minimum Gasteiger partial charge on any atom is -0.462 e. The van der Waals surface area contributed by atoms with Gasteiger partial charge in [-0.15, -0.1) is 0 Å². The molecule has 6 nitrogen and oxygen atoms in total. The van der Waals surface area contributed by atoms with Crippen molar-refractivity contribution in [3.63, 3.8) is 0 Å². The van der Waals surface area contributed by atoms with E-state index in [1.165, 1.54) is 57.8 Å². The fraction of sp³-hybridized carbons (Fsp3) is 0.750. The summed E-state index contributed by atoms with van der Waals surface area (Å²) in [7, 11) is 0. The van der Waals surface area contributed by atoms with E-state index in [1.807, 2.05) is 12.2 Å². The standard InChI is InChI=1S/C40H70O6/c1-4-5-30-37(42)31-26-22-18-14-10-6-7-11-16-20-24-28-33-40(44)46-38(34-41)35-45-39(43)32-27-23-19-15-12-8-9-13-17-21-25-29-36(2)3/h6-7,14,16,18,20,26,31,36-38,41-42H,4-5,8-13,15,17,19,21-25,27-30,32-35H2,1-3H3/b7-6-,18-14-,20-16-,31-26-/t37-,38+/m1/s1. The predicted molar refractivity (Wildman–Crippen MR) is 193 cm³/mol. The summed E-state index contributed by atoms with van der Waals surface area (Å²) in [6.45, 7) is 6.26. The van der Waals surface area contributed by atoms with Gasteiger partial charge in [-0.2, -0.15) is 0 Å². The first kappa shape index (κ1) is 43.8. The molecule has 0 heterocycles. The van der Waals surface area contributed by atoms with E-state index < -0.39 is 6.10 Å². The van der Waals surface area contributed by atoms with Crippen molar-refractivity contribution in [3.05, 3.63) is 48.6 Å². The number of carbonyl (C=O) groups excluding carboxylic acids is 2. The Labute approximate surface area is 282 Å². The van der Waals surface area contributed by atoms with Crippen LogP contribution in [0.1, 0.15) is 162 Å². The van der Waals surface area contributed by atoms with Gasteiger partial charge in [-0.1, -0.05) is 153 Å². The number of ether oxygens (including phenoxy) is 2. The molecule has 0 saturated carbocycles. The van der Waals surface area contributed by atoms with E-state index in [9.17, 15) is 19.8 Å². The van der Waals surface area contributed by atoms with E-state index in [0.717, 1.165) is 70.1 Å². The van der Waals surface area contributed by atoms with E-state index in [0.29, 0.717) is 12.8 Å². The molecule has 0 aromatic carbocycles. The van der Waals surface area contributed by atoms with Gasteiger partial charge >= 0.3 is 11.9 Å². The zero-order valence-corrected chi connectivity index (χ0v) is 29.8. The van der Waals surface area contributed by atoms with Crippen LogP contribution in [-0.2, 0) is 19.1 Å². The number of esters is 2. The first-order valence-electron chi connectivity index (χ1n) is 18.6. The minimum atomic E-state index is -0.810. The van der Waals surface area contributed by atoms with E-state index in [1.54, 1.807) is 0 Å². The summed E-state index contributed by atoms with van der Waals surface area (Å²) in [6.07, 6.45) is 37.9. The molecule has 6 heteroatoms. The Bertz CT molecular complexity index is 813. The van der Waals surface area contributed by atoms with Gasteiger partial charge in [0.05, 0.1) is 12.7 Å². The van der Waals surface area contributed by atoms with Gasteiger partial charge in [-0.3, -0.25) is 9.59 Å².